The molecular weight excluding hydrogens is 388 g/mol. The summed E-state index contributed by atoms with van der Waals surface area (Å²) in [6.45, 7) is 5.53. The second-order valence-corrected chi connectivity index (χ2v) is 9.13. The van der Waals surface area contributed by atoms with Gasteiger partial charge in [0.15, 0.2) is 0 Å². The summed E-state index contributed by atoms with van der Waals surface area (Å²) < 4.78 is 28.4. The second-order valence-electron chi connectivity index (χ2n) is 7.42. The average Bonchev–Trinajstić information content (AvgIpc) is 2.70. The van der Waals surface area contributed by atoms with E-state index in [0.29, 0.717) is 22.9 Å². The highest BCUT2D eigenvalue weighted by Crippen LogP contribution is 2.22. The zero-order valence-electron chi connectivity index (χ0n) is 16.7. The second kappa shape index (κ2) is 9.39. The standard InChI is InChI=1S/C21H28N4O3S/c1-15-14-19(29(27,28)25-16(2)17-10-12-22-13-11-17)8-9-20(15)24-21(26)23-18-6-4-3-5-7-18/h3-9,14,16-17,22,25H,10-13H2,1-2H3,(H2,23,24,26). The predicted molar refractivity (Wildman–Crippen MR) is 116 cm³/mol. The SMILES string of the molecule is Cc1cc(S(=O)(=O)NC(C)C2CCNCC2)ccc1NC(=O)Nc1ccccc1. The molecule has 1 unspecified atom stereocenters. The van der Waals surface area contributed by atoms with Crippen LogP contribution in [0.25, 0.3) is 0 Å². The molecule has 0 aliphatic carbocycles. The lowest BCUT2D eigenvalue weighted by atomic mass is 9.92. The number of rotatable bonds is 6. The van der Waals surface area contributed by atoms with Gasteiger partial charge in [-0.2, -0.15) is 0 Å². The molecule has 8 heteroatoms. The monoisotopic (exact) mass is 416 g/mol. The van der Waals surface area contributed by atoms with E-state index < -0.39 is 10.0 Å². The topological polar surface area (TPSA) is 99.3 Å². The van der Waals surface area contributed by atoms with E-state index in [1.54, 1.807) is 31.2 Å². The third-order valence-electron chi connectivity index (χ3n) is 5.22. The molecule has 0 radical (unpaired) electrons. The number of benzene rings is 2. The number of hydrogen-bond donors (Lipinski definition) is 4. The first kappa shape index (κ1) is 21.3. The predicted octanol–water partition coefficient (Wildman–Crippen LogP) is 3.31. The normalized spacial score (nSPS) is 16.2. The van der Waals surface area contributed by atoms with Gasteiger partial charge in [-0.3, -0.25) is 0 Å². The van der Waals surface area contributed by atoms with Crippen LogP contribution in [0.1, 0.15) is 25.3 Å². The molecule has 0 saturated carbocycles. The highest BCUT2D eigenvalue weighted by molar-refractivity contribution is 7.89. The van der Waals surface area contributed by atoms with Crippen LogP contribution in [0, 0.1) is 12.8 Å². The Morgan fingerprint density at radius 2 is 1.76 bits per heavy atom. The highest BCUT2D eigenvalue weighted by atomic mass is 32.2. The summed E-state index contributed by atoms with van der Waals surface area (Å²) in [5, 5.41) is 8.79. The van der Waals surface area contributed by atoms with Gasteiger partial charge in [0.1, 0.15) is 0 Å². The maximum Gasteiger partial charge on any atom is 0.323 e. The minimum atomic E-state index is -3.62. The molecule has 1 heterocycles. The molecule has 1 aliphatic rings. The van der Waals surface area contributed by atoms with Crippen LogP contribution in [-0.2, 0) is 10.0 Å². The van der Waals surface area contributed by atoms with Crippen molar-refractivity contribution in [1.29, 1.82) is 0 Å². The summed E-state index contributed by atoms with van der Waals surface area (Å²) in [4.78, 5) is 12.4. The first-order valence-corrected chi connectivity index (χ1v) is 11.3. The van der Waals surface area contributed by atoms with Crippen molar-refractivity contribution in [2.45, 2.75) is 37.6 Å². The summed E-state index contributed by atoms with van der Waals surface area (Å²) in [7, 11) is -3.62. The molecule has 4 N–H and O–H groups in total. The number of urea groups is 1. The van der Waals surface area contributed by atoms with Crippen molar-refractivity contribution in [3.8, 4) is 0 Å². The van der Waals surface area contributed by atoms with E-state index in [1.165, 1.54) is 6.07 Å². The van der Waals surface area contributed by atoms with Gasteiger partial charge in [0.05, 0.1) is 4.90 Å². The molecule has 1 fully saturated rings. The zero-order chi connectivity index (χ0) is 20.9. The molecule has 2 aromatic rings. The molecule has 3 rings (SSSR count). The number of carbonyl (C=O) groups is 1. The smallest absolute Gasteiger partial charge is 0.317 e. The molecule has 156 valence electrons. The van der Waals surface area contributed by atoms with Gasteiger partial charge in [-0.25, -0.2) is 17.9 Å². The molecule has 2 amide bonds. The van der Waals surface area contributed by atoms with Crippen molar-refractivity contribution in [2.75, 3.05) is 23.7 Å². The summed E-state index contributed by atoms with van der Waals surface area (Å²) in [5.41, 5.74) is 1.91. The summed E-state index contributed by atoms with van der Waals surface area (Å²) in [6, 6.07) is 13.3. The number of anilines is 2. The van der Waals surface area contributed by atoms with E-state index >= 15 is 0 Å². The Bertz CT molecular complexity index is 942. The third kappa shape index (κ3) is 5.79. The zero-order valence-corrected chi connectivity index (χ0v) is 17.6. The summed E-state index contributed by atoms with van der Waals surface area (Å²) in [6.07, 6.45) is 1.92. The molecule has 2 aromatic carbocycles. The van der Waals surface area contributed by atoms with E-state index in [-0.39, 0.29) is 17.0 Å². The van der Waals surface area contributed by atoms with Crippen LogP contribution in [-0.4, -0.2) is 33.6 Å². The van der Waals surface area contributed by atoms with Crippen LogP contribution in [0.15, 0.2) is 53.4 Å². The largest absolute Gasteiger partial charge is 0.323 e. The van der Waals surface area contributed by atoms with E-state index in [2.05, 4.69) is 20.7 Å². The Balaban J connectivity index is 1.65. The Morgan fingerprint density at radius 1 is 1.07 bits per heavy atom. The van der Waals surface area contributed by atoms with Crippen LogP contribution in [0.2, 0.25) is 0 Å². The number of nitrogens with one attached hydrogen (secondary N) is 4. The Hall–Kier alpha value is -2.42. The fraction of sp³-hybridized carbons (Fsp3) is 0.381. The van der Waals surface area contributed by atoms with Gasteiger partial charge < -0.3 is 16.0 Å². The molecule has 0 bridgehead atoms. The lowest BCUT2D eigenvalue weighted by Crippen LogP contribution is -2.42. The third-order valence-corrected chi connectivity index (χ3v) is 6.78. The first-order valence-electron chi connectivity index (χ1n) is 9.82. The van der Waals surface area contributed by atoms with Gasteiger partial charge >= 0.3 is 6.03 Å². The molecule has 1 aliphatic heterocycles. The van der Waals surface area contributed by atoms with Gasteiger partial charge in [0, 0.05) is 17.4 Å². The molecular formula is C21H28N4O3S. The fourth-order valence-corrected chi connectivity index (χ4v) is 4.90. The maximum absolute atomic E-state index is 12.8. The van der Waals surface area contributed by atoms with E-state index in [9.17, 15) is 13.2 Å². The van der Waals surface area contributed by atoms with Crippen LogP contribution < -0.4 is 20.7 Å². The Labute approximate surface area is 172 Å². The van der Waals surface area contributed by atoms with Crippen molar-refractivity contribution < 1.29 is 13.2 Å². The minimum absolute atomic E-state index is 0.128. The quantitative estimate of drug-likeness (QED) is 0.581. The van der Waals surface area contributed by atoms with E-state index in [0.717, 1.165) is 25.9 Å². The number of hydrogen-bond acceptors (Lipinski definition) is 4. The van der Waals surface area contributed by atoms with Gasteiger partial charge in [-0.1, -0.05) is 18.2 Å². The number of amides is 2. The highest BCUT2D eigenvalue weighted by Gasteiger charge is 2.25. The van der Waals surface area contributed by atoms with Crippen LogP contribution >= 0.6 is 0 Å². The van der Waals surface area contributed by atoms with Crippen LogP contribution in [0.3, 0.4) is 0 Å². The number of sulfonamides is 1. The lowest BCUT2D eigenvalue weighted by Gasteiger charge is -2.28. The first-order chi connectivity index (χ1) is 13.8. The molecule has 1 saturated heterocycles. The molecule has 29 heavy (non-hydrogen) atoms. The number of carbonyl (C=O) groups excluding carboxylic acids is 1. The van der Waals surface area contributed by atoms with Crippen molar-refractivity contribution in [3.05, 3.63) is 54.1 Å². The maximum atomic E-state index is 12.8. The van der Waals surface area contributed by atoms with E-state index in [4.69, 9.17) is 0 Å². The molecule has 7 nitrogen and oxygen atoms in total. The van der Waals surface area contributed by atoms with Gasteiger partial charge in [0.25, 0.3) is 0 Å². The molecule has 1 atom stereocenters. The van der Waals surface area contributed by atoms with Gasteiger partial charge in [-0.05, 0) is 81.6 Å². The van der Waals surface area contributed by atoms with Crippen molar-refractivity contribution in [1.82, 2.24) is 10.0 Å². The van der Waals surface area contributed by atoms with Gasteiger partial charge in [-0.15, -0.1) is 0 Å². The van der Waals surface area contributed by atoms with Crippen molar-refractivity contribution in [2.24, 2.45) is 5.92 Å². The molecule has 0 spiro atoms. The number of para-hydroxylation sites is 1. The Kier molecular flexibility index (Phi) is 6.89. The van der Waals surface area contributed by atoms with Crippen LogP contribution in [0.5, 0.6) is 0 Å². The van der Waals surface area contributed by atoms with Gasteiger partial charge in [0.2, 0.25) is 10.0 Å². The fourth-order valence-electron chi connectivity index (χ4n) is 3.50. The molecule has 0 aromatic heterocycles. The lowest BCUT2D eigenvalue weighted by molar-refractivity contribution is 0.262. The van der Waals surface area contributed by atoms with Crippen LogP contribution in [0.4, 0.5) is 16.2 Å². The Morgan fingerprint density at radius 3 is 2.41 bits per heavy atom. The summed E-state index contributed by atoms with van der Waals surface area (Å²) >= 11 is 0. The summed E-state index contributed by atoms with van der Waals surface area (Å²) in [5.74, 6) is 0.328. The number of piperidine rings is 1. The number of aryl methyl sites for hydroxylation is 1. The minimum Gasteiger partial charge on any atom is -0.317 e. The van der Waals surface area contributed by atoms with E-state index in [1.807, 2.05) is 25.1 Å². The van der Waals surface area contributed by atoms with Crippen molar-refractivity contribution in [3.63, 3.8) is 0 Å². The average molecular weight is 417 g/mol. The van der Waals surface area contributed by atoms with Crippen molar-refractivity contribution >= 4 is 27.4 Å².